The zero-order valence-electron chi connectivity index (χ0n) is 11.5. The van der Waals surface area contributed by atoms with Crippen LogP contribution in [0.2, 0.25) is 0 Å². The van der Waals surface area contributed by atoms with Crippen molar-refractivity contribution in [1.29, 1.82) is 0 Å². The van der Waals surface area contributed by atoms with Crippen molar-refractivity contribution >= 4 is 22.6 Å². The van der Waals surface area contributed by atoms with Crippen LogP contribution in [0.5, 0.6) is 0 Å². The highest BCUT2D eigenvalue weighted by Crippen LogP contribution is 2.31. The van der Waals surface area contributed by atoms with E-state index in [1.807, 2.05) is 31.3 Å². The maximum Gasteiger partial charge on any atom is 0.337 e. The van der Waals surface area contributed by atoms with Gasteiger partial charge in [-0.15, -0.1) is 0 Å². The second-order valence-corrected chi connectivity index (χ2v) is 5.52. The van der Waals surface area contributed by atoms with Crippen LogP contribution >= 0.6 is 0 Å². The van der Waals surface area contributed by atoms with Crippen LogP contribution in [0.1, 0.15) is 29.6 Å². The molecule has 0 bridgehead atoms. The van der Waals surface area contributed by atoms with Gasteiger partial charge in [-0.05, 0) is 18.8 Å². The third-order valence-electron chi connectivity index (χ3n) is 4.12. The zero-order valence-corrected chi connectivity index (χ0v) is 11.5. The van der Waals surface area contributed by atoms with Crippen LogP contribution in [0.15, 0.2) is 30.5 Å². The molecule has 0 radical (unpaired) electrons. The number of nitrogens with zero attached hydrogens (tertiary/aromatic N) is 2. The van der Waals surface area contributed by atoms with E-state index in [0.29, 0.717) is 0 Å². The van der Waals surface area contributed by atoms with Crippen LogP contribution in [-0.2, 0) is 0 Å². The van der Waals surface area contributed by atoms with Gasteiger partial charge in [-0.1, -0.05) is 30.7 Å². The number of aromatic carboxylic acids is 1. The number of fused-ring (bicyclic) bond motifs is 1. The van der Waals surface area contributed by atoms with Crippen molar-refractivity contribution in [3.05, 3.63) is 36.0 Å². The highest BCUT2D eigenvalue weighted by Gasteiger charge is 2.21. The van der Waals surface area contributed by atoms with Gasteiger partial charge in [0.1, 0.15) is 5.82 Å². The summed E-state index contributed by atoms with van der Waals surface area (Å²) in [5.41, 5.74) is 0.265. The Morgan fingerprint density at radius 2 is 2.05 bits per heavy atom. The molecule has 0 saturated heterocycles. The van der Waals surface area contributed by atoms with E-state index in [1.54, 1.807) is 0 Å². The molecule has 1 aromatic heterocycles. The highest BCUT2D eigenvalue weighted by atomic mass is 16.4. The minimum absolute atomic E-state index is 0.265. The van der Waals surface area contributed by atoms with Crippen molar-refractivity contribution in [2.24, 2.45) is 5.92 Å². The normalized spacial score (nSPS) is 15.1. The van der Waals surface area contributed by atoms with E-state index < -0.39 is 5.97 Å². The molecule has 20 heavy (non-hydrogen) atoms. The van der Waals surface area contributed by atoms with E-state index in [9.17, 15) is 9.90 Å². The van der Waals surface area contributed by atoms with E-state index in [1.165, 1.54) is 25.5 Å². The lowest BCUT2D eigenvalue weighted by atomic mass is 9.85. The Kier molecular flexibility index (Phi) is 3.30. The standard InChI is InChI=1S/C16H18N2O2/c1-18(10-11-5-4-6-11)15-13-8-3-2-7-12(13)14(9-17-15)16(19)20/h2-3,7-9,11H,4-6,10H2,1H3,(H,19,20). The number of hydrogen-bond acceptors (Lipinski definition) is 3. The average Bonchev–Trinajstić information content (AvgIpc) is 2.41. The number of aromatic nitrogens is 1. The number of benzene rings is 1. The maximum atomic E-state index is 11.3. The second-order valence-electron chi connectivity index (χ2n) is 5.52. The number of anilines is 1. The molecule has 0 amide bonds. The summed E-state index contributed by atoms with van der Waals surface area (Å²) in [4.78, 5) is 17.8. The Balaban J connectivity index is 2.02. The van der Waals surface area contributed by atoms with Gasteiger partial charge < -0.3 is 10.0 Å². The summed E-state index contributed by atoms with van der Waals surface area (Å²) in [5, 5.41) is 10.9. The fourth-order valence-corrected chi connectivity index (χ4v) is 2.80. The molecular weight excluding hydrogens is 252 g/mol. The fraction of sp³-hybridized carbons (Fsp3) is 0.375. The van der Waals surface area contributed by atoms with Gasteiger partial charge in [0, 0.05) is 30.6 Å². The largest absolute Gasteiger partial charge is 0.478 e. The van der Waals surface area contributed by atoms with Gasteiger partial charge in [0.2, 0.25) is 0 Å². The predicted molar refractivity (Wildman–Crippen MR) is 79.3 cm³/mol. The van der Waals surface area contributed by atoms with Crippen LogP contribution in [0.3, 0.4) is 0 Å². The summed E-state index contributed by atoms with van der Waals surface area (Å²) in [6.45, 7) is 0.989. The first-order chi connectivity index (χ1) is 9.66. The monoisotopic (exact) mass is 270 g/mol. The first-order valence-corrected chi connectivity index (χ1v) is 6.99. The van der Waals surface area contributed by atoms with Gasteiger partial charge in [0.25, 0.3) is 0 Å². The summed E-state index contributed by atoms with van der Waals surface area (Å²) in [7, 11) is 2.04. The number of pyridine rings is 1. The van der Waals surface area contributed by atoms with Crippen molar-refractivity contribution in [2.75, 3.05) is 18.5 Å². The number of hydrogen-bond donors (Lipinski definition) is 1. The lowest BCUT2D eigenvalue weighted by Crippen LogP contribution is -2.30. The van der Waals surface area contributed by atoms with E-state index in [-0.39, 0.29) is 5.56 Å². The molecule has 0 unspecified atom stereocenters. The summed E-state index contributed by atoms with van der Waals surface area (Å²) >= 11 is 0. The molecule has 1 aromatic carbocycles. The van der Waals surface area contributed by atoms with Gasteiger partial charge >= 0.3 is 5.97 Å². The summed E-state index contributed by atoms with van der Waals surface area (Å²) in [6.07, 6.45) is 5.37. The Labute approximate surface area is 118 Å². The molecule has 3 rings (SSSR count). The van der Waals surface area contributed by atoms with E-state index in [4.69, 9.17) is 0 Å². The predicted octanol–water partition coefficient (Wildman–Crippen LogP) is 3.17. The molecule has 1 aliphatic rings. The van der Waals surface area contributed by atoms with Crippen LogP contribution in [0.25, 0.3) is 10.8 Å². The smallest absolute Gasteiger partial charge is 0.337 e. The zero-order chi connectivity index (χ0) is 14.1. The molecule has 0 spiro atoms. The molecule has 2 aromatic rings. The molecule has 0 atom stereocenters. The molecule has 4 nitrogen and oxygen atoms in total. The molecule has 1 fully saturated rings. The molecule has 1 aliphatic carbocycles. The second kappa shape index (κ2) is 5.12. The van der Waals surface area contributed by atoms with E-state index in [0.717, 1.165) is 29.1 Å². The minimum Gasteiger partial charge on any atom is -0.478 e. The maximum absolute atomic E-state index is 11.3. The molecule has 104 valence electrons. The van der Waals surface area contributed by atoms with Crippen molar-refractivity contribution in [2.45, 2.75) is 19.3 Å². The number of carboxylic acid groups (broad SMARTS) is 1. The Hall–Kier alpha value is -2.10. The van der Waals surface area contributed by atoms with Crippen molar-refractivity contribution < 1.29 is 9.90 Å². The van der Waals surface area contributed by atoms with E-state index >= 15 is 0 Å². The Bertz CT molecular complexity index is 650. The molecule has 1 N–H and O–H groups in total. The third kappa shape index (κ3) is 2.22. The quantitative estimate of drug-likeness (QED) is 0.927. The fourth-order valence-electron chi connectivity index (χ4n) is 2.80. The van der Waals surface area contributed by atoms with Crippen molar-refractivity contribution in [1.82, 2.24) is 4.98 Å². The van der Waals surface area contributed by atoms with Crippen LogP contribution in [0, 0.1) is 5.92 Å². The Morgan fingerprint density at radius 3 is 2.65 bits per heavy atom. The lowest BCUT2D eigenvalue weighted by Gasteiger charge is -2.31. The summed E-state index contributed by atoms with van der Waals surface area (Å²) in [5.74, 6) is 0.694. The van der Waals surface area contributed by atoms with Gasteiger partial charge in [0.05, 0.1) is 5.56 Å². The number of rotatable bonds is 4. The molecule has 1 saturated carbocycles. The van der Waals surface area contributed by atoms with Gasteiger partial charge in [-0.25, -0.2) is 9.78 Å². The molecule has 4 heteroatoms. The molecular formula is C16H18N2O2. The van der Waals surface area contributed by atoms with Gasteiger partial charge in [-0.3, -0.25) is 0 Å². The average molecular weight is 270 g/mol. The summed E-state index contributed by atoms with van der Waals surface area (Å²) < 4.78 is 0. The molecule has 1 heterocycles. The number of carbonyl (C=O) groups is 1. The first-order valence-electron chi connectivity index (χ1n) is 6.99. The topological polar surface area (TPSA) is 53.4 Å². The Morgan fingerprint density at radius 1 is 1.35 bits per heavy atom. The SMILES string of the molecule is CN(CC1CCC1)c1ncc(C(=O)O)c2ccccc12. The third-order valence-corrected chi connectivity index (χ3v) is 4.12. The van der Waals surface area contributed by atoms with Crippen molar-refractivity contribution in [3.63, 3.8) is 0 Å². The highest BCUT2D eigenvalue weighted by molar-refractivity contribution is 6.06. The van der Waals surface area contributed by atoms with Gasteiger partial charge in [0.15, 0.2) is 0 Å². The molecule has 0 aliphatic heterocycles. The van der Waals surface area contributed by atoms with Crippen molar-refractivity contribution in [3.8, 4) is 0 Å². The number of carboxylic acids is 1. The summed E-state index contributed by atoms with van der Waals surface area (Å²) in [6, 6.07) is 7.59. The lowest BCUT2D eigenvalue weighted by molar-refractivity contribution is 0.0698. The minimum atomic E-state index is -0.929. The van der Waals surface area contributed by atoms with Crippen LogP contribution in [-0.4, -0.2) is 29.7 Å². The van der Waals surface area contributed by atoms with Gasteiger partial charge in [-0.2, -0.15) is 0 Å². The van der Waals surface area contributed by atoms with Crippen LogP contribution in [0.4, 0.5) is 5.82 Å². The van der Waals surface area contributed by atoms with E-state index in [2.05, 4.69) is 9.88 Å². The first kappa shape index (κ1) is 12.9. The van der Waals surface area contributed by atoms with Crippen LogP contribution < -0.4 is 4.90 Å².